The zero-order valence-corrected chi connectivity index (χ0v) is 11.6. The van der Waals surface area contributed by atoms with Gasteiger partial charge in [-0.2, -0.15) is 5.06 Å². The third-order valence-electron chi connectivity index (χ3n) is 3.62. The first-order valence-electron chi connectivity index (χ1n) is 6.57. The fraction of sp³-hybridized carbons (Fsp3) is 0.286. The highest BCUT2D eigenvalue weighted by molar-refractivity contribution is 5.98. The van der Waals surface area contributed by atoms with Gasteiger partial charge in [-0.25, -0.2) is 0 Å². The fourth-order valence-electron chi connectivity index (χ4n) is 2.46. The first-order chi connectivity index (χ1) is 10.1. The molecule has 1 atom stereocenters. The summed E-state index contributed by atoms with van der Waals surface area (Å²) in [5.74, 6) is -0.475. The molecule has 1 aliphatic rings. The second-order valence-corrected chi connectivity index (χ2v) is 5.16. The molecular formula is C14H16N4O3. The minimum Gasteiger partial charge on any atom is -0.366 e. The summed E-state index contributed by atoms with van der Waals surface area (Å²) in [6.45, 7) is 0.656. The quantitative estimate of drug-likeness (QED) is 0.815. The van der Waals surface area contributed by atoms with Gasteiger partial charge < -0.3 is 15.2 Å². The molecular weight excluding hydrogens is 272 g/mol. The lowest BCUT2D eigenvalue weighted by atomic mass is 9.97. The molecule has 7 nitrogen and oxygen atoms in total. The third kappa shape index (κ3) is 2.48. The van der Waals surface area contributed by atoms with E-state index in [1.807, 2.05) is 24.1 Å². The Bertz CT molecular complexity index is 656. The van der Waals surface area contributed by atoms with Crippen molar-refractivity contribution in [2.24, 2.45) is 5.73 Å². The van der Waals surface area contributed by atoms with Crippen molar-refractivity contribution in [3.8, 4) is 0 Å². The Labute approximate surface area is 121 Å². The maximum Gasteiger partial charge on any atom is 0.267 e. The van der Waals surface area contributed by atoms with Gasteiger partial charge in [0.05, 0.1) is 23.6 Å². The number of rotatable bonds is 3. The van der Waals surface area contributed by atoms with Crippen molar-refractivity contribution in [1.82, 2.24) is 5.16 Å². The molecule has 7 heteroatoms. The summed E-state index contributed by atoms with van der Waals surface area (Å²) in [5.41, 5.74) is 9.02. The molecule has 2 heterocycles. The summed E-state index contributed by atoms with van der Waals surface area (Å²) in [6, 6.07) is 4.86. The molecule has 0 fully saturated rings. The first kappa shape index (κ1) is 13.6. The van der Waals surface area contributed by atoms with Gasteiger partial charge in [-0.1, -0.05) is 17.3 Å². The molecule has 0 radical (unpaired) electrons. The van der Waals surface area contributed by atoms with Gasteiger partial charge in [0.1, 0.15) is 6.26 Å². The molecule has 2 aromatic rings. The van der Waals surface area contributed by atoms with Crippen molar-refractivity contribution >= 4 is 17.3 Å². The van der Waals surface area contributed by atoms with Gasteiger partial charge in [0.15, 0.2) is 0 Å². The zero-order valence-electron chi connectivity index (χ0n) is 11.6. The average molecular weight is 288 g/mol. The first-order valence-corrected chi connectivity index (χ1v) is 6.57. The number of benzene rings is 1. The lowest BCUT2D eigenvalue weighted by Gasteiger charge is -2.28. The highest BCUT2D eigenvalue weighted by Crippen LogP contribution is 2.28. The third-order valence-corrected chi connectivity index (χ3v) is 3.62. The molecule has 1 aromatic heterocycles. The maximum absolute atomic E-state index is 11.6. The number of hydroxylamine groups is 1. The molecule has 21 heavy (non-hydrogen) atoms. The number of fused-ring (bicyclic) bond motifs is 1. The number of carbonyl (C=O) groups is 1. The van der Waals surface area contributed by atoms with Gasteiger partial charge in [-0.15, -0.1) is 0 Å². The van der Waals surface area contributed by atoms with E-state index in [2.05, 4.69) is 5.16 Å². The van der Waals surface area contributed by atoms with E-state index in [1.165, 1.54) is 0 Å². The van der Waals surface area contributed by atoms with Crippen LogP contribution in [0, 0.1) is 0 Å². The summed E-state index contributed by atoms with van der Waals surface area (Å²) in [4.78, 5) is 13.6. The van der Waals surface area contributed by atoms with Crippen LogP contribution in [0.4, 0.5) is 11.4 Å². The van der Waals surface area contributed by atoms with Crippen molar-refractivity contribution in [2.75, 3.05) is 17.0 Å². The molecule has 3 N–H and O–H groups in total. The van der Waals surface area contributed by atoms with E-state index in [1.54, 1.807) is 18.5 Å². The van der Waals surface area contributed by atoms with Gasteiger partial charge in [0.25, 0.3) is 5.91 Å². The second kappa shape index (κ2) is 5.19. The summed E-state index contributed by atoms with van der Waals surface area (Å²) < 4.78 is 4.82. The molecule has 1 aliphatic heterocycles. The van der Waals surface area contributed by atoms with Gasteiger partial charge in [0, 0.05) is 13.6 Å². The Kier molecular flexibility index (Phi) is 3.36. The van der Waals surface area contributed by atoms with E-state index in [-0.39, 0.29) is 0 Å². The van der Waals surface area contributed by atoms with Crippen LogP contribution in [0.2, 0.25) is 0 Å². The van der Waals surface area contributed by atoms with Crippen molar-refractivity contribution < 1.29 is 14.5 Å². The SMILES string of the molecule is CN(Cc1ccc2c(c1)C[C@H](N)C(=O)N2O)c1cnoc1. The van der Waals surface area contributed by atoms with Crippen LogP contribution in [0.15, 0.2) is 35.2 Å². The fourth-order valence-corrected chi connectivity index (χ4v) is 2.46. The predicted molar refractivity (Wildman–Crippen MR) is 76.0 cm³/mol. The van der Waals surface area contributed by atoms with E-state index in [9.17, 15) is 10.0 Å². The highest BCUT2D eigenvalue weighted by atomic mass is 16.5. The molecule has 0 saturated heterocycles. The van der Waals surface area contributed by atoms with Crippen LogP contribution < -0.4 is 15.7 Å². The van der Waals surface area contributed by atoms with Crippen LogP contribution in [0.5, 0.6) is 0 Å². The Hall–Kier alpha value is -2.38. The molecule has 1 amide bonds. The Balaban J connectivity index is 1.83. The predicted octanol–water partition coefficient (Wildman–Crippen LogP) is 0.917. The highest BCUT2D eigenvalue weighted by Gasteiger charge is 2.29. The number of hydrogen-bond acceptors (Lipinski definition) is 6. The van der Waals surface area contributed by atoms with Crippen LogP contribution in [-0.4, -0.2) is 29.4 Å². The van der Waals surface area contributed by atoms with Gasteiger partial charge in [-0.3, -0.25) is 10.0 Å². The van der Waals surface area contributed by atoms with Crippen molar-refractivity contribution in [2.45, 2.75) is 19.0 Å². The minimum absolute atomic E-state index is 0.427. The van der Waals surface area contributed by atoms with Gasteiger partial charge in [-0.05, 0) is 23.6 Å². The largest absolute Gasteiger partial charge is 0.366 e. The van der Waals surface area contributed by atoms with Crippen LogP contribution in [0.25, 0.3) is 0 Å². The topological polar surface area (TPSA) is 95.8 Å². The van der Waals surface area contributed by atoms with E-state index in [4.69, 9.17) is 10.3 Å². The summed E-state index contributed by atoms with van der Waals surface area (Å²) in [5, 5.41) is 14.1. The molecule has 1 aromatic carbocycles. The minimum atomic E-state index is -0.700. The van der Waals surface area contributed by atoms with E-state index in [0.29, 0.717) is 23.7 Å². The average Bonchev–Trinajstić information content (AvgIpc) is 2.99. The van der Waals surface area contributed by atoms with Gasteiger partial charge in [0.2, 0.25) is 0 Å². The summed E-state index contributed by atoms with van der Waals surface area (Å²) >= 11 is 0. The van der Waals surface area contributed by atoms with Crippen molar-refractivity contribution in [3.05, 3.63) is 41.8 Å². The number of amides is 1. The van der Waals surface area contributed by atoms with Crippen LogP contribution in [0.3, 0.4) is 0 Å². The van der Waals surface area contributed by atoms with Gasteiger partial charge >= 0.3 is 0 Å². The molecule has 0 spiro atoms. The monoisotopic (exact) mass is 288 g/mol. The van der Waals surface area contributed by atoms with E-state index in [0.717, 1.165) is 16.8 Å². The number of nitrogens with zero attached hydrogens (tertiary/aromatic N) is 3. The van der Waals surface area contributed by atoms with Crippen LogP contribution in [0.1, 0.15) is 11.1 Å². The number of aromatic nitrogens is 1. The van der Waals surface area contributed by atoms with E-state index < -0.39 is 11.9 Å². The van der Waals surface area contributed by atoms with Crippen molar-refractivity contribution in [1.29, 1.82) is 0 Å². The van der Waals surface area contributed by atoms with Crippen LogP contribution >= 0.6 is 0 Å². The smallest absolute Gasteiger partial charge is 0.267 e. The van der Waals surface area contributed by atoms with E-state index >= 15 is 0 Å². The second-order valence-electron chi connectivity index (χ2n) is 5.16. The Morgan fingerprint density at radius 2 is 2.38 bits per heavy atom. The standard InChI is InChI=1S/C14H16N4O3/c1-17(11-6-16-21-8-11)7-9-2-3-13-10(4-9)5-12(15)14(19)18(13)20/h2-4,6,8,12,20H,5,7,15H2,1H3/t12-/m0/s1. The van der Waals surface area contributed by atoms with Crippen LogP contribution in [-0.2, 0) is 17.8 Å². The lowest BCUT2D eigenvalue weighted by molar-refractivity contribution is -0.125. The normalized spacial score (nSPS) is 17.8. The molecule has 3 rings (SSSR count). The molecule has 0 bridgehead atoms. The number of nitrogens with two attached hydrogens (primary N) is 1. The number of hydrogen-bond donors (Lipinski definition) is 2. The Morgan fingerprint density at radius 1 is 1.57 bits per heavy atom. The molecule has 110 valence electrons. The molecule has 0 saturated carbocycles. The number of carbonyl (C=O) groups excluding carboxylic acids is 1. The zero-order chi connectivity index (χ0) is 15.0. The summed E-state index contributed by atoms with van der Waals surface area (Å²) in [6.07, 6.45) is 3.64. The van der Waals surface area contributed by atoms with Crippen molar-refractivity contribution in [3.63, 3.8) is 0 Å². The lowest BCUT2D eigenvalue weighted by Crippen LogP contribution is -2.47. The summed E-state index contributed by atoms with van der Waals surface area (Å²) in [7, 11) is 1.93. The molecule has 0 aliphatic carbocycles. The number of anilines is 2. The molecule has 0 unspecified atom stereocenters. The maximum atomic E-state index is 11.6. The Morgan fingerprint density at radius 3 is 3.10 bits per heavy atom.